The van der Waals surface area contributed by atoms with Gasteiger partial charge in [0.05, 0.1) is 4.34 Å². The predicted octanol–water partition coefficient (Wildman–Crippen LogP) is 3.07. The van der Waals surface area contributed by atoms with Gasteiger partial charge in [0.1, 0.15) is 0 Å². The SMILES string of the molecule is Cc1cc(-c2ccc(Cl)s2)c[nH]c1=O. The smallest absolute Gasteiger partial charge is 0.250 e. The van der Waals surface area contributed by atoms with Crippen LogP contribution in [0.2, 0.25) is 4.34 Å². The molecule has 0 aliphatic rings. The average molecular weight is 226 g/mol. The van der Waals surface area contributed by atoms with Crippen molar-refractivity contribution < 1.29 is 0 Å². The third-order valence-corrected chi connectivity index (χ3v) is 3.23. The van der Waals surface area contributed by atoms with Crippen LogP contribution in [0.15, 0.2) is 29.2 Å². The van der Waals surface area contributed by atoms with E-state index in [2.05, 4.69) is 4.98 Å². The van der Waals surface area contributed by atoms with Gasteiger partial charge in [-0.1, -0.05) is 11.6 Å². The monoisotopic (exact) mass is 225 g/mol. The summed E-state index contributed by atoms with van der Waals surface area (Å²) in [7, 11) is 0. The summed E-state index contributed by atoms with van der Waals surface area (Å²) in [6.07, 6.45) is 1.71. The number of H-pyrrole nitrogens is 1. The van der Waals surface area contributed by atoms with E-state index in [1.165, 1.54) is 11.3 Å². The molecule has 2 rings (SSSR count). The van der Waals surface area contributed by atoms with Crippen LogP contribution in [-0.2, 0) is 0 Å². The van der Waals surface area contributed by atoms with Gasteiger partial charge in [-0.3, -0.25) is 4.79 Å². The van der Waals surface area contributed by atoms with E-state index in [1.807, 2.05) is 18.2 Å². The summed E-state index contributed by atoms with van der Waals surface area (Å²) in [5.74, 6) is 0. The summed E-state index contributed by atoms with van der Waals surface area (Å²) >= 11 is 7.33. The Morgan fingerprint density at radius 3 is 2.79 bits per heavy atom. The van der Waals surface area contributed by atoms with Crippen molar-refractivity contribution in [2.24, 2.45) is 0 Å². The van der Waals surface area contributed by atoms with Crippen LogP contribution in [0.25, 0.3) is 10.4 Å². The molecule has 2 nitrogen and oxygen atoms in total. The first-order valence-electron chi connectivity index (χ1n) is 4.12. The lowest BCUT2D eigenvalue weighted by molar-refractivity contribution is 1.19. The van der Waals surface area contributed by atoms with E-state index in [0.29, 0.717) is 5.56 Å². The minimum Gasteiger partial charge on any atom is -0.328 e. The van der Waals surface area contributed by atoms with Crippen LogP contribution >= 0.6 is 22.9 Å². The first-order valence-corrected chi connectivity index (χ1v) is 5.31. The summed E-state index contributed by atoms with van der Waals surface area (Å²) < 4.78 is 0.754. The number of aromatic amines is 1. The Hall–Kier alpha value is -1.06. The summed E-state index contributed by atoms with van der Waals surface area (Å²) in [6, 6.07) is 5.66. The molecule has 0 unspecified atom stereocenters. The summed E-state index contributed by atoms with van der Waals surface area (Å²) in [4.78, 5) is 14.9. The van der Waals surface area contributed by atoms with Gasteiger partial charge >= 0.3 is 0 Å². The highest BCUT2D eigenvalue weighted by molar-refractivity contribution is 7.19. The Balaban J connectivity index is 2.52. The number of nitrogens with one attached hydrogen (secondary N) is 1. The summed E-state index contributed by atoms with van der Waals surface area (Å²) in [6.45, 7) is 1.79. The number of thiophene rings is 1. The maximum atomic E-state index is 11.1. The summed E-state index contributed by atoms with van der Waals surface area (Å²) in [5.41, 5.74) is 1.67. The van der Waals surface area contributed by atoms with E-state index >= 15 is 0 Å². The zero-order valence-electron chi connectivity index (χ0n) is 7.50. The molecule has 0 saturated carbocycles. The number of aryl methyl sites for hydroxylation is 1. The molecular formula is C10H8ClNOS. The lowest BCUT2D eigenvalue weighted by Gasteiger charge is -1.97. The largest absolute Gasteiger partial charge is 0.328 e. The van der Waals surface area contributed by atoms with Gasteiger partial charge < -0.3 is 4.98 Å². The van der Waals surface area contributed by atoms with Crippen LogP contribution in [0.3, 0.4) is 0 Å². The van der Waals surface area contributed by atoms with Crippen molar-refractivity contribution in [1.82, 2.24) is 4.98 Å². The maximum absolute atomic E-state index is 11.1. The molecule has 0 radical (unpaired) electrons. The van der Waals surface area contributed by atoms with E-state index in [-0.39, 0.29) is 5.56 Å². The molecule has 0 bridgehead atoms. The highest BCUT2D eigenvalue weighted by Crippen LogP contribution is 2.30. The van der Waals surface area contributed by atoms with E-state index in [4.69, 9.17) is 11.6 Å². The van der Waals surface area contributed by atoms with E-state index in [1.54, 1.807) is 13.1 Å². The second kappa shape index (κ2) is 3.59. The molecule has 4 heteroatoms. The topological polar surface area (TPSA) is 32.9 Å². The van der Waals surface area contributed by atoms with Gasteiger partial charge in [0.15, 0.2) is 0 Å². The molecular weight excluding hydrogens is 218 g/mol. The van der Waals surface area contributed by atoms with E-state index in [9.17, 15) is 4.79 Å². The van der Waals surface area contributed by atoms with Crippen molar-refractivity contribution in [2.45, 2.75) is 6.92 Å². The maximum Gasteiger partial charge on any atom is 0.250 e. The van der Waals surface area contributed by atoms with Crippen molar-refractivity contribution in [1.29, 1.82) is 0 Å². The molecule has 2 aromatic heterocycles. The highest BCUT2D eigenvalue weighted by Gasteiger charge is 2.02. The fraction of sp³-hybridized carbons (Fsp3) is 0.100. The molecule has 1 N–H and O–H groups in total. The fourth-order valence-corrected chi connectivity index (χ4v) is 2.24. The van der Waals surface area contributed by atoms with Gasteiger partial charge in [-0.15, -0.1) is 11.3 Å². The van der Waals surface area contributed by atoms with Crippen LogP contribution < -0.4 is 5.56 Å². The van der Waals surface area contributed by atoms with Gasteiger partial charge in [-0.05, 0) is 25.1 Å². The van der Waals surface area contributed by atoms with Crippen LogP contribution in [0.5, 0.6) is 0 Å². The highest BCUT2D eigenvalue weighted by atomic mass is 35.5. The normalized spacial score (nSPS) is 10.4. The van der Waals surface area contributed by atoms with Crippen molar-refractivity contribution >= 4 is 22.9 Å². The van der Waals surface area contributed by atoms with Crippen LogP contribution in [0, 0.1) is 6.92 Å². The van der Waals surface area contributed by atoms with E-state index < -0.39 is 0 Å². The molecule has 2 aromatic rings. The Morgan fingerprint density at radius 1 is 1.43 bits per heavy atom. The first kappa shape index (κ1) is 9.49. The Kier molecular flexibility index (Phi) is 2.44. The molecule has 0 spiro atoms. The third-order valence-electron chi connectivity index (χ3n) is 1.95. The van der Waals surface area contributed by atoms with E-state index in [0.717, 1.165) is 14.8 Å². The van der Waals surface area contributed by atoms with Crippen molar-refractivity contribution in [3.05, 3.63) is 44.6 Å². The quantitative estimate of drug-likeness (QED) is 0.795. The Labute approximate surface area is 90.2 Å². The lowest BCUT2D eigenvalue weighted by Crippen LogP contribution is -2.07. The van der Waals surface area contributed by atoms with Crippen molar-refractivity contribution in [2.75, 3.05) is 0 Å². The van der Waals surface area contributed by atoms with Crippen molar-refractivity contribution in [3.8, 4) is 10.4 Å². The second-order valence-electron chi connectivity index (χ2n) is 3.00. The number of aromatic nitrogens is 1. The molecule has 0 saturated heterocycles. The zero-order chi connectivity index (χ0) is 10.1. The second-order valence-corrected chi connectivity index (χ2v) is 4.72. The van der Waals surface area contributed by atoms with Gasteiger partial charge in [-0.25, -0.2) is 0 Å². The molecule has 2 heterocycles. The molecule has 14 heavy (non-hydrogen) atoms. The van der Waals surface area contributed by atoms with Crippen molar-refractivity contribution in [3.63, 3.8) is 0 Å². The molecule has 0 fully saturated rings. The fourth-order valence-electron chi connectivity index (χ4n) is 1.21. The standard InChI is InChI=1S/C10H8ClNOS/c1-6-4-7(5-12-10(6)13)8-2-3-9(11)14-8/h2-5H,1H3,(H,12,13). The number of pyridine rings is 1. The Bertz CT molecular complexity index is 515. The van der Waals surface area contributed by atoms with Gasteiger partial charge in [-0.2, -0.15) is 0 Å². The molecule has 0 aromatic carbocycles. The summed E-state index contributed by atoms with van der Waals surface area (Å²) in [5, 5.41) is 0. The number of rotatable bonds is 1. The zero-order valence-corrected chi connectivity index (χ0v) is 9.08. The molecule has 0 aliphatic carbocycles. The number of hydrogen-bond donors (Lipinski definition) is 1. The van der Waals surface area contributed by atoms with Gasteiger partial charge in [0.25, 0.3) is 5.56 Å². The van der Waals surface area contributed by atoms with Crippen LogP contribution in [0.4, 0.5) is 0 Å². The minimum atomic E-state index is -0.0450. The molecule has 0 atom stereocenters. The van der Waals surface area contributed by atoms with Gasteiger partial charge in [0.2, 0.25) is 0 Å². The Morgan fingerprint density at radius 2 is 2.21 bits per heavy atom. The van der Waals surface area contributed by atoms with Gasteiger partial charge in [0, 0.05) is 22.2 Å². The molecule has 0 aliphatic heterocycles. The third kappa shape index (κ3) is 1.74. The van der Waals surface area contributed by atoms with Crippen LogP contribution in [-0.4, -0.2) is 4.98 Å². The lowest BCUT2D eigenvalue weighted by atomic mass is 10.2. The minimum absolute atomic E-state index is 0.0450. The van der Waals surface area contributed by atoms with Crippen LogP contribution in [0.1, 0.15) is 5.56 Å². The number of hydrogen-bond acceptors (Lipinski definition) is 2. The molecule has 72 valence electrons. The predicted molar refractivity (Wildman–Crippen MR) is 60.1 cm³/mol. The number of halogens is 1. The molecule has 0 amide bonds. The first-order chi connectivity index (χ1) is 6.66. The average Bonchev–Trinajstić information content (AvgIpc) is 2.57.